The molecule has 0 atom stereocenters. The van der Waals surface area contributed by atoms with Crippen LogP contribution in [0.5, 0.6) is 0 Å². The lowest BCUT2D eigenvalue weighted by Crippen LogP contribution is -2.38. The maximum atomic E-state index is 5.67. The number of nitrogen functional groups attached to an aromatic ring is 1. The van der Waals surface area contributed by atoms with Crippen LogP contribution in [0.25, 0.3) is 0 Å². The zero-order chi connectivity index (χ0) is 14.8. The van der Waals surface area contributed by atoms with Crippen molar-refractivity contribution in [3.8, 4) is 0 Å². The van der Waals surface area contributed by atoms with Gasteiger partial charge in [0.1, 0.15) is 5.82 Å². The van der Waals surface area contributed by atoms with E-state index in [4.69, 9.17) is 15.6 Å². The van der Waals surface area contributed by atoms with E-state index in [9.17, 15) is 0 Å². The summed E-state index contributed by atoms with van der Waals surface area (Å²) in [5.41, 5.74) is 3.88. The van der Waals surface area contributed by atoms with E-state index >= 15 is 0 Å². The van der Waals surface area contributed by atoms with E-state index in [2.05, 4.69) is 34.1 Å². The Bertz CT molecular complexity index is 500. The molecule has 0 aromatic carbocycles. The first-order valence-corrected chi connectivity index (χ1v) is 7.64. The van der Waals surface area contributed by atoms with Gasteiger partial charge in [-0.25, -0.2) is 5.84 Å². The van der Waals surface area contributed by atoms with Crippen molar-refractivity contribution >= 4 is 17.6 Å². The zero-order valence-electron chi connectivity index (χ0n) is 12.8. The van der Waals surface area contributed by atoms with Crippen LogP contribution in [0.2, 0.25) is 0 Å². The van der Waals surface area contributed by atoms with Crippen molar-refractivity contribution in [1.82, 2.24) is 9.97 Å². The summed E-state index contributed by atoms with van der Waals surface area (Å²) in [4.78, 5) is 13.9. The number of morpholine rings is 1. The largest absolute Gasteiger partial charge is 0.378 e. The fourth-order valence-corrected chi connectivity index (χ4v) is 2.95. The van der Waals surface area contributed by atoms with Crippen LogP contribution in [0, 0.1) is 5.92 Å². The van der Waals surface area contributed by atoms with Crippen LogP contribution in [0.3, 0.4) is 0 Å². The molecule has 0 unspecified atom stereocenters. The molecular weight excluding hydrogens is 268 g/mol. The van der Waals surface area contributed by atoms with E-state index in [0.717, 1.165) is 69.0 Å². The van der Waals surface area contributed by atoms with Gasteiger partial charge in [-0.15, -0.1) is 0 Å². The van der Waals surface area contributed by atoms with Crippen LogP contribution in [-0.2, 0) is 11.2 Å². The molecule has 7 heteroatoms. The average molecular weight is 292 g/mol. The molecule has 21 heavy (non-hydrogen) atoms. The summed E-state index contributed by atoms with van der Waals surface area (Å²) in [6, 6.07) is 0. The molecule has 0 saturated carbocycles. The number of ether oxygens (including phenoxy) is 1. The second kappa shape index (κ2) is 6.03. The molecule has 2 aliphatic heterocycles. The lowest BCUT2D eigenvalue weighted by atomic mass is 10.2. The third kappa shape index (κ3) is 2.89. The monoisotopic (exact) mass is 292 g/mol. The first-order chi connectivity index (χ1) is 10.2. The molecule has 0 bridgehead atoms. The number of anilines is 3. The third-order valence-corrected chi connectivity index (χ3v) is 3.92. The Morgan fingerprint density at radius 2 is 2.00 bits per heavy atom. The molecule has 2 aliphatic rings. The van der Waals surface area contributed by atoms with E-state index < -0.39 is 0 Å². The van der Waals surface area contributed by atoms with E-state index in [0.29, 0.717) is 5.92 Å². The number of rotatable bonds is 4. The Hall–Kier alpha value is -1.60. The number of nitrogens with zero attached hydrogens (tertiary/aromatic N) is 4. The van der Waals surface area contributed by atoms with Crippen LogP contribution in [0.1, 0.15) is 19.4 Å². The van der Waals surface area contributed by atoms with Crippen molar-refractivity contribution in [2.45, 2.75) is 20.3 Å². The standard InChI is InChI=1S/C14H24N6O/c1-10(2)9-20-4-3-11-12(18-15)16-14(17-13(11)20)19-5-7-21-8-6-19/h10H,3-9,15H2,1-2H3,(H,16,17,18). The molecule has 0 radical (unpaired) electrons. The Kier molecular flexibility index (Phi) is 4.12. The topological polar surface area (TPSA) is 79.5 Å². The Morgan fingerprint density at radius 3 is 2.67 bits per heavy atom. The van der Waals surface area contributed by atoms with Gasteiger partial charge in [0.15, 0.2) is 5.82 Å². The van der Waals surface area contributed by atoms with Crippen LogP contribution in [0.4, 0.5) is 17.6 Å². The first kappa shape index (κ1) is 14.3. The number of aromatic nitrogens is 2. The average Bonchev–Trinajstić information content (AvgIpc) is 2.89. The summed E-state index contributed by atoms with van der Waals surface area (Å²) in [6.07, 6.45) is 0.949. The maximum absolute atomic E-state index is 5.67. The number of nitrogens with one attached hydrogen (secondary N) is 1. The predicted molar refractivity (Wildman–Crippen MR) is 83.6 cm³/mol. The molecule has 1 aromatic heterocycles. The minimum Gasteiger partial charge on any atom is -0.378 e. The van der Waals surface area contributed by atoms with Gasteiger partial charge in [0.2, 0.25) is 5.95 Å². The summed E-state index contributed by atoms with van der Waals surface area (Å²) in [5.74, 6) is 8.81. The fourth-order valence-electron chi connectivity index (χ4n) is 2.95. The second-order valence-electron chi connectivity index (χ2n) is 6.01. The van der Waals surface area contributed by atoms with E-state index in [-0.39, 0.29) is 0 Å². The van der Waals surface area contributed by atoms with Gasteiger partial charge < -0.3 is 20.0 Å². The van der Waals surface area contributed by atoms with Gasteiger partial charge in [-0.05, 0) is 12.3 Å². The van der Waals surface area contributed by atoms with Crippen molar-refractivity contribution in [3.63, 3.8) is 0 Å². The molecule has 3 heterocycles. The minimum atomic E-state index is 0.604. The fraction of sp³-hybridized carbons (Fsp3) is 0.714. The highest BCUT2D eigenvalue weighted by Gasteiger charge is 2.27. The summed E-state index contributed by atoms with van der Waals surface area (Å²) in [5, 5.41) is 0. The van der Waals surface area contributed by atoms with Gasteiger partial charge in [-0.3, -0.25) is 0 Å². The highest BCUT2D eigenvalue weighted by Crippen LogP contribution is 2.33. The minimum absolute atomic E-state index is 0.604. The molecular formula is C14H24N6O. The van der Waals surface area contributed by atoms with Crippen molar-refractivity contribution in [2.75, 3.05) is 54.6 Å². The molecule has 3 N–H and O–H groups in total. The molecule has 116 valence electrons. The maximum Gasteiger partial charge on any atom is 0.229 e. The van der Waals surface area contributed by atoms with Gasteiger partial charge >= 0.3 is 0 Å². The molecule has 0 aliphatic carbocycles. The van der Waals surface area contributed by atoms with E-state index in [1.807, 2.05) is 0 Å². The number of hydrazine groups is 1. The highest BCUT2D eigenvalue weighted by molar-refractivity contribution is 5.65. The number of fused-ring (bicyclic) bond motifs is 1. The number of hydrogen-bond acceptors (Lipinski definition) is 7. The van der Waals surface area contributed by atoms with Crippen LogP contribution < -0.4 is 21.1 Å². The molecule has 0 amide bonds. The smallest absolute Gasteiger partial charge is 0.229 e. The quantitative estimate of drug-likeness (QED) is 0.622. The van der Waals surface area contributed by atoms with Crippen molar-refractivity contribution in [2.24, 2.45) is 11.8 Å². The third-order valence-electron chi connectivity index (χ3n) is 3.92. The Labute approximate surface area is 125 Å². The molecule has 7 nitrogen and oxygen atoms in total. The van der Waals surface area contributed by atoms with Gasteiger partial charge in [-0.2, -0.15) is 9.97 Å². The summed E-state index contributed by atoms with van der Waals surface area (Å²) < 4.78 is 5.40. The molecule has 1 fully saturated rings. The Morgan fingerprint density at radius 1 is 1.24 bits per heavy atom. The van der Waals surface area contributed by atoms with Gasteiger partial charge in [0.05, 0.1) is 13.2 Å². The lowest BCUT2D eigenvalue weighted by molar-refractivity contribution is 0.122. The summed E-state index contributed by atoms with van der Waals surface area (Å²) >= 11 is 0. The van der Waals surface area contributed by atoms with E-state index in [1.165, 1.54) is 0 Å². The van der Waals surface area contributed by atoms with E-state index in [1.54, 1.807) is 0 Å². The van der Waals surface area contributed by atoms with Crippen molar-refractivity contribution in [3.05, 3.63) is 5.56 Å². The van der Waals surface area contributed by atoms with Crippen LogP contribution in [-0.4, -0.2) is 49.4 Å². The normalized spacial score (nSPS) is 18.3. The van der Waals surface area contributed by atoms with Crippen LogP contribution >= 0.6 is 0 Å². The number of hydrogen-bond donors (Lipinski definition) is 2. The highest BCUT2D eigenvalue weighted by atomic mass is 16.5. The molecule has 1 saturated heterocycles. The zero-order valence-corrected chi connectivity index (χ0v) is 12.8. The molecule has 0 spiro atoms. The van der Waals surface area contributed by atoms with Gasteiger partial charge in [0, 0.05) is 31.7 Å². The SMILES string of the molecule is CC(C)CN1CCc2c(NN)nc(N3CCOCC3)nc21. The molecule has 1 aromatic rings. The summed E-state index contributed by atoms with van der Waals surface area (Å²) in [6.45, 7) is 9.55. The first-order valence-electron chi connectivity index (χ1n) is 7.64. The van der Waals surface area contributed by atoms with Crippen molar-refractivity contribution < 1.29 is 4.74 Å². The number of nitrogens with two attached hydrogens (primary N) is 1. The van der Waals surface area contributed by atoms with Gasteiger partial charge in [0.25, 0.3) is 0 Å². The van der Waals surface area contributed by atoms with Crippen molar-refractivity contribution in [1.29, 1.82) is 0 Å². The Balaban J connectivity index is 1.92. The predicted octanol–water partition coefficient (Wildman–Crippen LogP) is 0.617. The van der Waals surface area contributed by atoms with Crippen LogP contribution in [0.15, 0.2) is 0 Å². The lowest BCUT2D eigenvalue weighted by Gasteiger charge is -2.28. The summed E-state index contributed by atoms with van der Waals surface area (Å²) in [7, 11) is 0. The van der Waals surface area contributed by atoms with Gasteiger partial charge in [-0.1, -0.05) is 13.8 Å². The second-order valence-corrected chi connectivity index (χ2v) is 6.01. The molecule has 3 rings (SSSR count).